The molecule has 1 saturated carbocycles. The van der Waals surface area contributed by atoms with E-state index in [1.54, 1.807) is 14.2 Å². The van der Waals surface area contributed by atoms with Crippen LogP contribution in [0.15, 0.2) is 12.1 Å². The number of rotatable bonds is 5. The van der Waals surface area contributed by atoms with E-state index in [-0.39, 0.29) is 0 Å². The van der Waals surface area contributed by atoms with Gasteiger partial charge in [0.2, 0.25) is 5.95 Å². The van der Waals surface area contributed by atoms with Crippen molar-refractivity contribution in [2.24, 2.45) is 0 Å². The molecule has 0 aliphatic heterocycles. The summed E-state index contributed by atoms with van der Waals surface area (Å²) in [6.45, 7) is 0. The maximum Gasteiger partial charge on any atom is 0.224 e. The van der Waals surface area contributed by atoms with Crippen molar-refractivity contribution in [1.29, 1.82) is 0 Å². The summed E-state index contributed by atoms with van der Waals surface area (Å²) in [6, 6.07) is 4.30. The third-order valence-corrected chi connectivity index (χ3v) is 3.34. The summed E-state index contributed by atoms with van der Waals surface area (Å²) in [5, 5.41) is 7.36. The summed E-state index contributed by atoms with van der Waals surface area (Å²) < 4.78 is 10.7. The lowest BCUT2D eigenvalue weighted by molar-refractivity contribution is 0.356. The van der Waals surface area contributed by atoms with Crippen LogP contribution in [0, 0.1) is 0 Å². The van der Waals surface area contributed by atoms with E-state index < -0.39 is 0 Å². The third-order valence-electron chi connectivity index (χ3n) is 3.34. The number of hydrogen-bond donors (Lipinski definition) is 2. The summed E-state index contributed by atoms with van der Waals surface area (Å²) in [6.07, 6.45) is 2.38. The lowest BCUT2D eigenvalue weighted by Crippen LogP contribution is -2.07. The summed E-state index contributed by atoms with van der Waals surface area (Å²) in [5.41, 5.74) is 0.824. The largest absolute Gasteiger partial charge is 0.493 e. The van der Waals surface area contributed by atoms with Gasteiger partial charge in [-0.3, -0.25) is 0 Å². The van der Waals surface area contributed by atoms with Gasteiger partial charge in [0.25, 0.3) is 0 Å². The fourth-order valence-corrected chi connectivity index (χ4v) is 2.10. The number of hydrogen-bond acceptors (Lipinski definition) is 6. The minimum Gasteiger partial charge on any atom is -0.493 e. The predicted molar refractivity (Wildman–Crippen MR) is 78.8 cm³/mol. The molecule has 1 aliphatic rings. The van der Waals surface area contributed by atoms with Gasteiger partial charge in [0.05, 0.1) is 19.7 Å². The fourth-order valence-electron chi connectivity index (χ4n) is 2.10. The van der Waals surface area contributed by atoms with E-state index in [4.69, 9.17) is 9.47 Å². The highest BCUT2D eigenvalue weighted by Gasteiger charge is 2.23. The maximum absolute atomic E-state index is 5.35. The normalized spacial score (nSPS) is 14.2. The second-order valence-electron chi connectivity index (χ2n) is 4.79. The summed E-state index contributed by atoms with van der Waals surface area (Å²) in [7, 11) is 5.05. The van der Waals surface area contributed by atoms with Crippen molar-refractivity contribution in [2.45, 2.75) is 18.9 Å². The first-order valence-electron chi connectivity index (χ1n) is 6.63. The minimum absolute atomic E-state index is 0.519. The van der Waals surface area contributed by atoms with Gasteiger partial charge >= 0.3 is 0 Å². The van der Waals surface area contributed by atoms with Gasteiger partial charge in [0, 0.05) is 24.5 Å². The fraction of sp³-hybridized carbons (Fsp3) is 0.429. The van der Waals surface area contributed by atoms with Crippen molar-refractivity contribution in [3.63, 3.8) is 0 Å². The first-order chi connectivity index (χ1) is 9.75. The van der Waals surface area contributed by atoms with Gasteiger partial charge in [-0.25, -0.2) is 4.98 Å². The van der Waals surface area contributed by atoms with Gasteiger partial charge in [0.15, 0.2) is 11.5 Å². The second kappa shape index (κ2) is 5.03. The molecular formula is C14H18N4O2. The minimum atomic E-state index is 0.519. The van der Waals surface area contributed by atoms with Gasteiger partial charge in [-0.15, -0.1) is 0 Å². The van der Waals surface area contributed by atoms with Gasteiger partial charge in [-0.1, -0.05) is 0 Å². The Balaban J connectivity index is 2.17. The van der Waals surface area contributed by atoms with Crippen LogP contribution in [0.2, 0.25) is 0 Å². The topological polar surface area (TPSA) is 68.3 Å². The smallest absolute Gasteiger partial charge is 0.224 e. The van der Waals surface area contributed by atoms with Gasteiger partial charge in [0.1, 0.15) is 5.82 Å². The van der Waals surface area contributed by atoms with Crippen molar-refractivity contribution in [3.05, 3.63) is 12.1 Å². The zero-order valence-electron chi connectivity index (χ0n) is 11.9. The summed E-state index contributed by atoms with van der Waals surface area (Å²) >= 11 is 0. The monoisotopic (exact) mass is 274 g/mol. The van der Waals surface area contributed by atoms with E-state index in [0.717, 1.165) is 16.7 Å². The molecule has 1 aliphatic carbocycles. The highest BCUT2D eigenvalue weighted by Crippen LogP contribution is 2.36. The summed E-state index contributed by atoms with van der Waals surface area (Å²) in [4.78, 5) is 8.97. The molecule has 6 nitrogen and oxygen atoms in total. The van der Waals surface area contributed by atoms with Crippen LogP contribution >= 0.6 is 0 Å². The first-order valence-corrected chi connectivity index (χ1v) is 6.63. The van der Waals surface area contributed by atoms with Crippen LogP contribution in [-0.4, -0.2) is 37.3 Å². The molecule has 2 aromatic rings. The van der Waals surface area contributed by atoms with E-state index in [0.29, 0.717) is 23.5 Å². The molecule has 1 aromatic carbocycles. The van der Waals surface area contributed by atoms with Crippen LogP contribution in [0.3, 0.4) is 0 Å². The zero-order chi connectivity index (χ0) is 14.1. The number of ether oxygens (including phenoxy) is 2. The number of benzene rings is 1. The van der Waals surface area contributed by atoms with Gasteiger partial charge < -0.3 is 20.1 Å². The van der Waals surface area contributed by atoms with E-state index in [2.05, 4.69) is 20.6 Å². The van der Waals surface area contributed by atoms with Crippen LogP contribution in [0.25, 0.3) is 10.9 Å². The highest BCUT2D eigenvalue weighted by molar-refractivity contribution is 5.92. The molecule has 1 fully saturated rings. The Morgan fingerprint density at radius 2 is 1.80 bits per heavy atom. The van der Waals surface area contributed by atoms with Crippen LogP contribution in [0.4, 0.5) is 11.8 Å². The lowest BCUT2D eigenvalue weighted by Gasteiger charge is -2.13. The van der Waals surface area contributed by atoms with E-state index in [1.165, 1.54) is 12.8 Å². The molecule has 2 N–H and O–H groups in total. The van der Waals surface area contributed by atoms with Crippen molar-refractivity contribution in [3.8, 4) is 11.5 Å². The molecule has 0 bridgehead atoms. The molecule has 3 rings (SSSR count). The van der Waals surface area contributed by atoms with Crippen LogP contribution < -0.4 is 20.1 Å². The number of nitrogens with one attached hydrogen (secondary N) is 2. The molecular weight excluding hydrogens is 256 g/mol. The number of aromatic nitrogens is 2. The van der Waals surface area contributed by atoms with Crippen molar-refractivity contribution < 1.29 is 9.47 Å². The van der Waals surface area contributed by atoms with Crippen molar-refractivity contribution in [2.75, 3.05) is 31.9 Å². The first kappa shape index (κ1) is 12.8. The lowest BCUT2D eigenvalue weighted by atomic mass is 10.2. The second-order valence-corrected chi connectivity index (χ2v) is 4.79. The Bertz CT molecular complexity index is 641. The van der Waals surface area contributed by atoms with Gasteiger partial charge in [-0.05, 0) is 18.9 Å². The molecule has 20 heavy (non-hydrogen) atoms. The molecule has 0 spiro atoms. The molecule has 6 heteroatoms. The standard InChI is InChI=1S/C14H18N4O2/c1-15-14-17-10-7-12(20-3)11(19-2)6-9(10)13(18-14)16-8-4-5-8/h6-8H,4-5H2,1-3H3,(H2,15,16,17,18). The van der Waals surface area contributed by atoms with Crippen LogP contribution in [-0.2, 0) is 0 Å². The Kier molecular flexibility index (Phi) is 3.22. The van der Waals surface area contributed by atoms with E-state index in [1.807, 2.05) is 19.2 Å². The van der Waals surface area contributed by atoms with Gasteiger partial charge in [-0.2, -0.15) is 4.98 Å². The molecule has 1 heterocycles. The Morgan fingerprint density at radius 3 is 2.40 bits per heavy atom. The number of methoxy groups -OCH3 is 2. The van der Waals surface area contributed by atoms with Crippen molar-refractivity contribution in [1.82, 2.24) is 9.97 Å². The van der Waals surface area contributed by atoms with Crippen LogP contribution in [0.5, 0.6) is 11.5 Å². The van der Waals surface area contributed by atoms with Crippen LogP contribution in [0.1, 0.15) is 12.8 Å². The molecule has 0 atom stereocenters. The Labute approximate surface area is 117 Å². The van der Waals surface area contributed by atoms with E-state index >= 15 is 0 Å². The molecule has 1 aromatic heterocycles. The van der Waals surface area contributed by atoms with Crippen molar-refractivity contribution >= 4 is 22.7 Å². The molecule has 0 unspecified atom stereocenters. The maximum atomic E-state index is 5.35. The summed E-state index contributed by atoms with van der Waals surface area (Å²) in [5.74, 6) is 2.77. The third kappa shape index (κ3) is 2.29. The average molecular weight is 274 g/mol. The highest BCUT2D eigenvalue weighted by atomic mass is 16.5. The number of fused-ring (bicyclic) bond motifs is 1. The number of anilines is 2. The molecule has 0 saturated heterocycles. The SMILES string of the molecule is CNc1nc(NC2CC2)c2cc(OC)c(OC)cc2n1. The Morgan fingerprint density at radius 1 is 1.10 bits per heavy atom. The molecule has 0 amide bonds. The Hall–Kier alpha value is -2.24. The average Bonchev–Trinajstić information content (AvgIpc) is 3.29. The number of nitrogens with zero attached hydrogens (tertiary/aromatic N) is 2. The van der Waals surface area contributed by atoms with E-state index in [9.17, 15) is 0 Å². The quantitative estimate of drug-likeness (QED) is 0.871. The predicted octanol–water partition coefficient (Wildman–Crippen LogP) is 2.26. The zero-order valence-corrected chi connectivity index (χ0v) is 11.9. The molecule has 0 radical (unpaired) electrons. The molecule has 106 valence electrons.